The average molecular weight is 245 g/mol. The molecule has 0 saturated heterocycles. The molecule has 0 bridgehead atoms. The third-order valence-electron chi connectivity index (χ3n) is 2.43. The number of hydrogen-bond acceptors (Lipinski definition) is 3. The van der Waals surface area contributed by atoms with E-state index in [1.807, 2.05) is 18.2 Å². The van der Waals surface area contributed by atoms with Crippen LogP contribution in [0.2, 0.25) is 0 Å². The molecule has 2 nitrogen and oxygen atoms in total. The highest BCUT2D eigenvalue weighted by atomic mass is 32.2. The number of anilines is 1. The van der Waals surface area contributed by atoms with Gasteiger partial charge in [0.2, 0.25) is 0 Å². The Morgan fingerprint density at radius 1 is 1.06 bits per heavy atom. The molecule has 0 atom stereocenters. The van der Waals surface area contributed by atoms with Gasteiger partial charge in [0, 0.05) is 9.79 Å². The van der Waals surface area contributed by atoms with Crippen molar-refractivity contribution in [1.82, 2.24) is 0 Å². The SMILES string of the molecule is COc1cc(Sc2cccc(C)c2)ccc1N. The highest BCUT2D eigenvalue weighted by Crippen LogP contribution is 2.33. The van der Waals surface area contributed by atoms with E-state index in [-0.39, 0.29) is 0 Å². The van der Waals surface area contributed by atoms with Crippen LogP contribution in [-0.4, -0.2) is 7.11 Å². The van der Waals surface area contributed by atoms with Gasteiger partial charge in [0.05, 0.1) is 12.8 Å². The zero-order valence-electron chi connectivity index (χ0n) is 9.94. The van der Waals surface area contributed by atoms with Crippen molar-refractivity contribution in [2.45, 2.75) is 16.7 Å². The van der Waals surface area contributed by atoms with E-state index in [4.69, 9.17) is 10.5 Å². The van der Waals surface area contributed by atoms with Crippen LogP contribution in [0.15, 0.2) is 52.3 Å². The molecule has 2 N–H and O–H groups in total. The standard InChI is InChI=1S/C14H15NOS/c1-10-4-3-5-11(8-10)17-12-6-7-13(15)14(9-12)16-2/h3-9H,15H2,1-2H3. The number of hydrogen-bond donors (Lipinski definition) is 1. The molecular formula is C14H15NOS. The maximum atomic E-state index is 5.78. The second kappa shape index (κ2) is 5.15. The highest BCUT2D eigenvalue weighted by Gasteiger charge is 2.02. The Balaban J connectivity index is 2.24. The highest BCUT2D eigenvalue weighted by molar-refractivity contribution is 7.99. The summed E-state index contributed by atoms with van der Waals surface area (Å²) in [5.41, 5.74) is 7.71. The number of benzene rings is 2. The molecule has 0 radical (unpaired) electrons. The number of nitrogen functional groups attached to an aromatic ring is 1. The van der Waals surface area contributed by atoms with Crippen LogP contribution < -0.4 is 10.5 Å². The smallest absolute Gasteiger partial charge is 0.142 e. The molecule has 3 heteroatoms. The van der Waals surface area contributed by atoms with Crippen molar-refractivity contribution in [3.05, 3.63) is 48.0 Å². The molecular weight excluding hydrogens is 230 g/mol. The molecule has 0 fully saturated rings. The lowest BCUT2D eigenvalue weighted by Crippen LogP contribution is -1.91. The normalized spacial score (nSPS) is 10.2. The molecule has 0 spiro atoms. The van der Waals surface area contributed by atoms with Crippen LogP contribution in [-0.2, 0) is 0 Å². The van der Waals surface area contributed by atoms with Crippen LogP contribution in [0.25, 0.3) is 0 Å². The quantitative estimate of drug-likeness (QED) is 0.837. The average Bonchev–Trinajstić information content (AvgIpc) is 2.32. The maximum Gasteiger partial charge on any atom is 0.142 e. The monoisotopic (exact) mass is 245 g/mol. The van der Waals surface area contributed by atoms with Gasteiger partial charge in [-0.15, -0.1) is 0 Å². The van der Waals surface area contributed by atoms with Gasteiger partial charge in [-0.05, 0) is 37.3 Å². The molecule has 17 heavy (non-hydrogen) atoms. The minimum absolute atomic E-state index is 0.668. The fourth-order valence-electron chi connectivity index (χ4n) is 1.57. The lowest BCUT2D eigenvalue weighted by molar-refractivity contribution is 0.416. The summed E-state index contributed by atoms with van der Waals surface area (Å²) in [5, 5.41) is 0. The number of rotatable bonds is 3. The Bertz CT molecular complexity index is 525. The molecule has 0 aliphatic rings. The summed E-state index contributed by atoms with van der Waals surface area (Å²) in [5.74, 6) is 0.725. The topological polar surface area (TPSA) is 35.2 Å². The lowest BCUT2D eigenvalue weighted by Gasteiger charge is -2.07. The molecule has 2 aromatic rings. The van der Waals surface area contributed by atoms with Crippen molar-refractivity contribution in [2.24, 2.45) is 0 Å². The summed E-state index contributed by atoms with van der Waals surface area (Å²) in [6.07, 6.45) is 0. The van der Waals surface area contributed by atoms with Crippen LogP contribution in [0, 0.1) is 6.92 Å². The van der Waals surface area contributed by atoms with Gasteiger partial charge in [-0.3, -0.25) is 0 Å². The Labute approximate surface area is 106 Å². The predicted molar refractivity (Wildman–Crippen MR) is 72.7 cm³/mol. The van der Waals surface area contributed by atoms with E-state index < -0.39 is 0 Å². The van der Waals surface area contributed by atoms with Crippen molar-refractivity contribution in [3.8, 4) is 5.75 Å². The molecule has 2 aromatic carbocycles. The second-order valence-electron chi connectivity index (χ2n) is 3.82. The predicted octanol–water partition coefficient (Wildman–Crippen LogP) is 3.74. The zero-order chi connectivity index (χ0) is 12.3. The molecule has 0 heterocycles. The number of nitrogens with two attached hydrogens (primary N) is 1. The first-order valence-electron chi connectivity index (χ1n) is 5.37. The Hall–Kier alpha value is -1.61. The van der Waals surface area contributed by atoms with Gasteiger partial charge in [0.15, 0.2) is 0 Å². The van der Waals surface area contributed by atoms with Crippen LogP contribution in [0.3, 0.4) is 0 Å². The summed E-state index contributed by atoms with van der Waals surface area (Å²) in [6, 6.07) is 14.2. The van der Waals surface area contributed by atoms with Crippen molar-refractivity contribution < 1.29 is 4.74 Å². The largest absolute Gasteiger partial charge is 0.495 e. The summed E-state index contributed by atoms with van der Waals surface area (Å²) >= 11 is 1.70. The number of aryl methyl sites for hydroxylation is 1. The molecule has 0 aromatic heterocycles. The summed E-state index contributed by atoms with van der Waals surface area (Å²) < 4.78 is 5.21. The lowest BCUT2D eigenvalue weighted by atomic mass is 10.2. The summed E-state index contributed by atoms with van der Waals surface area (Å²) in [6.45, 7) is 2.09. The second-order valence-corrected chi connectivity index (χ2v) is 4.97. The molecule has 2 rings (SSSR count). The van der Waals surface area contributed by atoms with Gasteiger partial charge in [0.1, 0.15) is 5.75 Å². The minimum Gasteiger partial charge on any atom is -0.495 e. The van der Waals surface area contributed by atoms with Crippen LogP contribution in [0.1, 0.15) is 5.56 Å². The first kappa shape index (κ1) is 11.9. The Morgan fingerprint density at radius 2 is 1.82 bits per heavy atom. The van der Waals surface area contributed by atoms with E-state index in [0.717, 1.165) is 10.6 Å². The number of methoxy groups -OCH3 is 1. The van der Waals surface area contributed by atoms with Gasteiger partial charge < -0.3 is 10.5 Å². The first-order chi connectivity index (χ1) is 8.19. The van der Waals surface area contributed by atoms with Gasteiger partial charge >= 0.3 is 0 Å². The third kappa shape index (κ3) is 2.94. The van der Waals surface area contributed by atoms with Crippen LogP contribution in [0.5, 0.6) is 5.75 Å². The van der Waals surface area contributed by atoms with Crippen molar-refractivity contribution in [2.75, 3.05) is 12.8 Å². The molecule has 0 aliphatic heterocycles. The number of ether oxygens (including phenoxy) is 1. The van der Waals surface area contributed by atoms with Crippen molar-refractivity contribution in [1.29, 1.82) is 0 Å². The van der Waals surface area contributed by atoms with E-state index in [1.54, 1.807) is 18.9 Å². The van der Waals surface area contributed by atoms with Gasteiger partial charge in [-0.2, -0.15) is 0 Å². The van der Waals surface area contributed by atoms with E-state index in [2.05, 4.69) is 31.2 Å². The van der Waals surface area contributed by atoms with Crippen LogP contribution in [0.4, 0.5) is 5.69 Å². The van der Waals surface area contributed by atoms with E-state index >= 15 is 0 Å². The summed E-state index contributed by atoms with van der Waals surface area (Å²) in [4.78, 5) is 2.35. The van der Waals surface area contributed by atoms with Crippen molar-refractivity contribution in [3.63, 3.8) is 0 Å². The van der Waals surface area contributed by atoms with Crippen molar-refractivity contribution >= 4 is 17.4 Å². The van der Waals surface area contributed by atoms with E-state index in [0.29, 0.717) is 5.69 Å². The molecule has 88 valence electrons. The zero-order valence-corrected chi connectivity index (χ0v) is 10.8. The molecule has 0 unspecified atom stereocenters. The Morgan fingerprint density at radius 3 is 2.53 bits per heavy atom. The maximum absolute atomic E-state index is 5.78. The first-order valence-corrected chi connectivity index (χ1v) is 6.19. The van der Waals surface area contributed by atoms with Crippen LogP contribution >= 0.6 is 11.8 Å². The third-order valence-corrected chi connectivity index (χ3v) is 3.41. The molecule has 0 amide bonds. The summed E-state index contributed by atoms with van der Waals surface area (Å²) in [7, 11) is 1.63. The molecule has 0 aliphatic carbocycles. The fraction of sp³-hybridized carbons (Fsp3) is 0.143. The Kier molecular flexibility index (Phi) is 3.59. The van der Waals surface area contributed by atoms with E-state index in [9.17, 15) is 0 Å². The van der Waals surface area contributed by atoms with Gasteiger partial charge in [0.25, 0.3) is 0 Å². The van der Waals surface area contributed by atoms with E-state index in [1.165, 1.54) is 10.5 Å². The molecule has 0 saturated carbocycles. The minimum atomic E-state index is 0.668. The fourth-order valence-corrected chi connectivity index (χ4v) is 2.54. The van der Waals surface area contributed by atoms with Gasteiger partial charge in [-0.25, -0.2) is 0 Å². The van der Waals surface area contributed by atoms with Gasteiger partial charge in [-0.1, -0.05) is 29.5 Å².